The average Bonchev–Trinajstić information content (AvgIpc) is 2.36. The predicted octanol–water partition coefficient (Wildman–Crippen LogP) is 5.60. The van der Waals surface area contributed by atoms with Gasteiger partial charge in [-0.2, -0.15) is 0 Å². The lowest BCUT2D eigenvalue weighted by atomic mass is 9.82. The van der Waals surface area contributed by atoms with Crippen molar-refractivity contribution in [2.24, 2.45) is 0 Å². The Kier molecular flexibility index (Phi) is 2.63. The van der Waals surface area contributed by atoms with Crippen LogP contribution in [0.15, 0.2) is 48.5 Å². The third-order valence-electron chi connectivity index (χ3n) is 3.81. The Morgan fingerprint density at radius 3 is 2.21 bits per heavy atom. The minimum atomic E-state index is 0.173. The maximum atomic E-state index is 2.33. The van der Waals surface area contributed by atoms with Crippen molar-refractivity contribution in [3.63, 3.8) is 0 Å². The minimum Gasteiger partial charge on any atom is -0.0616 e. The zero-order chi connectivity index (χ0) is 13.6. The molecule has 0 N–H and O–H groups in total. The summed E-state index contributed by atoms with van der Waals surface area (Å²) >= 11 is 0. The molecule has 0 unspecified atom stereocenters. The highest BCUT2D eigenvalue weighted by Gasteiger charge is 2.17. The molecule has 0 heterocycles. The number of fused-ring (bicyclic) bond motifs is 3. The lowest BCUT2D eigenvalue weighted by Crippen LogP contribution is -2.12. The minimum absolute atomic E-state index is 0.173. The van der Waals surface area contributed by atoms with Gasteiger partial charge in [0.2, 0.25) is 0 Å². The van der Waals surface area contributed by atoms with Crippen LogP contribution in [-0.4, -0.2) is 0 Å². The maximum absolute atomic E-state index is 2.33. The third kappa shape index (κ3) is 2.02. The van der Waals surface area contributed by atoms with Crippen molar-refractivity contribution in [1.29, 1.82) is 0 Å². The van der Waals surface area contributed by atoms with Gasteiger partial charge in [-0.05, 0) is 39.4 Å². The zero-order valence-corrected chi connectivity index (χ0v) is 12.1. The van der Waals surface area contributed by atoms with Crippen LogP contribution in [0.25, 0.3) is 21.5 Å². The van der Waals surface area contributed by atoms with Gasteiger partial charge in [-0.3, -0.25) is 0 Å². The van der Waals surface area contributed by atoms with Crippen molar-refractivity contribution in [1.82, 2.24) is 0 Å². The van der Waals surface area contributed by atoms with Crippen LogP contribution in [0.5, 0.6) is 0 Å². The highest BCUT2D eigenvalue weighted by molar-refractivity contribution is 6.08. The molecule has 0 atom stereocenters. The van der Waals surface area contributed by atoms with Crippen LogP contribution in [0.2, 0.25) is 0 Å². The zero-order valence-electron chi connectivity index (χ0n) is 12.1. The van der Waals surface area contributed by atoms with Gasteiger partial charge in [-0.1, -0.05) is 74.9 Å². The van der Waals surface area contributed by atoms with Gasteiger partial charge in [-0.25, -0.2) is 0 Å². The van der Waals surface area contributed by atoms with Gasteiger partial charge in [0.05, 0.1) is 0 Å². The van der Waals surface area contributed by atoms with Crippen LogP contribution >= 0.6 is 0 Å². The molecule has 0 bridgehead atoms. The normalized spacial score (nSPS) is 12.2. The topological polar surface area (TPSA) is 0 Å². The summed E-state index contributed by atoms with van der Waals surface area (Å²) < 4.78 is 0. The van der Waals surface area contributed by atoms with Crippen molar-refractivity contribution >= 4 is 21.5 Å². The molecule has 0 heteroatoms. The van der Waals surface area contributed by atoms with Gasteiger partial charge in [-0.15, -0.1) is 0 Å². The summed E-state index contributed by atoms with van der Waals surface area (Å²) in [6, 6.07) is 17.8. The summed E-state index contributed by atoms with van der Waals surface area (Å²) in [6.07, 6.45) is 0. The van der Waals surface area contributed by atoms with E-state index in [0.29, 0.717) is 0 Å². The van der Waals surface area contributed by atoms with Crippen molar-refractivity contribution in [3.8, 4) is 0 Å². The largest absolute Gasteiger partial charge is 0.0616 e. The van der Waals surface area contributed by atoms with Crippen molar-refractivity contribution < 1.29 is 0 Å². The summed E-state index contributed by atoms with van der Waals surface area (Å²) in [7, 11) is 0. The third-order valence-corrected chi connectivity index (χ3v) is 3.81. The first-order chi connectivity index (χ1) is 8.97. The van der Waals surface area contributed by atoms with E-state index in [1.54, 1.807) is 0 Å². The fourth-order valence-electron chi connectivity index (χ4n) is 2.88. The molecular weight excluding hydrogens is 228 g/mol. The Hall–Kier alpha value is -1.82. The molecule has 0 aromatic heterocycles. The molecule has 0 nitrogen and oxygen atoms in total. The lowest BCUT2D eigenvalue weighted by Gasteiger charge is -2.22. The summed E-state index contributed by atoms with van der Waals surface area (Å²) in [6.45, 7) is 9.06. The highest BCUT2D eigenvalue weighted by atomic mass is 14.2. The molecule has 3 aromatic rings. The second-order valence-corrected chi connectivity index (χ2v) is 6.44. The molecule has 0 amide bonds. The first kappa shape index (κ1) is 12.2. The number of aryl methyl sites for hydroxylation is 1. The average molecular weight is 248 g/mol. The monoisotopic (exact) mass is 248 g/mol. The summed E-state index contributed by atoms with van der Waals surface area (Å²) in [4.78, 5) is 0. The highest BCUT2D eigenvalue weighted by Crippen LogP contribution is 2.34. The quantitative estimate of drug-likeness (QED) is 0.454. The van der Waals surface area contributed by atoms with E-state index in [-0.39, 0.29) is 5.41 Å². The summed E-state index contributed by atoms with van der Waals surface area (Å²) in [5.74, 6) is 0. The van der Waals surface area contributed by atoms with E-state index in [4.69, 9.17) is 0 Å². The maximum Gasteiger partial charge on any atom is -0.00998 e. The predicted molar refractivity (Wildman–Crippen MR) is 84.9 cm³/mol. The molecule has 0 aliphatic rings. The van der Waals surface area contributed by atoms with E-state index in [1.165, 1.54) is 32.7 Å². The van der Waals surface area contributed by atoms with E-state index in [2.05, 4.69) is 76.2 Å². The van der Waals surface area contributed by atoms with Crippen molar-refractivity contribution in [2.45, 2.75) is 33.1 Å². The molecule has 96 valence electrons. The molecule has 3 aromatic carbocycles. The van der Waals surface area contributed by atoms with Gasteiger partial charge >= 0.3 is 0 Å². The SMILES string of the molecule is Cc1cc(C(C)(C)C)c2ccc3ccccc3c2c1. The smallest absolute Gasteiger partial charge is 0.00998 e. The number of hydrogen-bond donors (Lipinski definition) is 0. The molecular formula is C19H20. The number of hydrogen-bond acceptors (Lipinski definition) is 0. The van der Waals surface area contributed by atoms with Crippen LogP contribution in [-0.2, 0) is 5.41 Å². The summed E-state index contributed by atoms with van der Waals surface area (Å²) in [5, 5.41) is 5.44. The van der Waals surface area contributed by atoms with E-state index in [1.807, 2.05) is 0 Å². The van der Waals surface area contributed by atoms with Gasteiger partial charge in [0, 0.05) is 0 Å². The molecule has 0 radical (unpaired) electrons. The van der Waals surface area contributed by atoms with Crippen LogP contribution in [0.3, 0.4) is 0 Å². The Bertz CT molecular complexity index is 758. The van der Waals surface area contributed by atoms with E-state index >= 15 is 0 Å². The summed E-state index contributed by atoms with van der Waals surface area (Å²) in [5.41, 5.74) is 2.95. The van der Waals surface area contributed by atoms with Gasteiger partial charge in [0.25, 0.3) is 0 Å². The van der Waals surface area contributed by atoms with Crippen LogP contribution in [0.4, 0.5) is 0 Å². The van der Waals surface area contributed by atoms with Crippen LogP contribution < -0.4 is 0 Å². The first-order valence-corrected chi connectivity index (χ1v) is 6.89. The molecule has 0 aliphatic heterocycles. The van der Waals surface area contributed by atoms with Crippen molar-refractivity contribution in [3.05, 3.63) is 59.7 Å². The van der Waals surface area contributed by atoms with E-state index in [0.717, 1.165) is 0 Å². The molecule has 19 heavy (non-hydrogen) atoms. The van der Waals surface area contributed by atoms with Crippen LogP contribution in [0, 0.1) is 6.92 Å². The lowest BCUT2D eigenvalue weighted by molar-refractivity contribution is 0.595. The molecule has 0 aliphatic carbocycles. The van der Waals surface area contributed by atoms with E-state index < -0.39 is 0 Å². The van der Waals surface area contributed by atoms with E-state index in [9.17, 15) is 0 Å². The fourth-order valence-corrected chi connectivity index (χ4v) is 2.88. The second-order valence-electron chi connectivity index (χ2n) is 6.44. The van der Waals surface area contributed by atoms with Crippen molar-refractivity contribution in [2.75, 3.05) is 0 Å². The standard InChI is InChI=1S/C19H20/c1-13-11-17-15-8-6-5-7-14(15)9-10-16(17)18(12-13)19(2,3)4/h5-12H,1-4H3. The second kappa shape index (κ2) is 4.09. The molecule has 0 saturated carbocycles. The molecule has 0 spiro atoms. The molecule has 0 fully saturated rings. The van der Waals surface area contributed by atoms with Gasteiger partial charge in [0.15, 0.2) is 0 Å². The molecule has 0 saturated heterocycles. The number of benzene rings is 3. The first-order valence-electron chi connectivity index (χ1n) is 6.89. The Balaban J connectivity index is 2.52. The Labute approximate surface area is 115 Å². The van der Waals surface area contributed by atoms with Gasteiger partial charge in [0.1, 0.15) is 0 Å². The Morgan fingerprint density at radius 2 is 1.47 bits per heavy atom. The number of rotatable bonds is 0. The fraction of sp³-hybridized carbons (Fsp3) is 0.263. The van der Waals surface area contributed by atoms with Crippen LogP contribution in [0.1, 0.15) is 31.9 Å². The Morgan fingerprint density at radius 1 is 0.737 bits per heavy atom. The molecule has 3 rings (SSSR count). The van der Waals surface area contributed by atoms with Gasteiger partial charge < -0.3 is 0 Å².